The maximum Gasteiger partial charge on any atom is 0.115 e. The van der Waals surface area contributed by atoms with Gasteiger partial charge in [-0.3, -0.25) is 0 Å². The summed E-state index contributed by atoms with van der Waals surface area (Å²) in [6.45, 7) is 2.28. The summed E-state index contributed by atoms with van der Waals surface area (Å²) in [6.07, 6.45) is 19.2. The third kappa shape index (κ3) is 10.4. The molecule has 0 amide bonds. The zero-order valence-electron chi connectivity index (χ0n) is 22.8. The predicted octanol–water partition coefficient (Wildman–Crippen LogP) is 10.9. The highest BCUT2D eigenvalue weighted by atomic mass is 32.2. The first-order valence-corrected chi connectivity index (χ1v) is 15.5. The van der Waals surface area contributed by atoms with Gasteiger partial charge < -0.3 is 0 Å². The van der Waals surface area contributed by atoms with Crippen LogP contribution in [0.15, 0.2) is 71.8 Å². The van der Waals surface area contributed by atoms with E-state index >= 15 is 0 Å². The van der Waals surface area contributed by atoms with E-state index in [4.69, 9.17) is 4.98 Å². The Balaban J connectivity index is 1.44. The Kier molecular flexibility index (Phi) is 14.0. The number of hydrogen-bond donors (Lipinski definition) is 0. The van der Waals surface area contributed by atoms with E-state index in [1.165, 1.54) is 89.9 Å². The lowest BCUT2D eigenvalue weighted by molar-refractivity contribution is 0.538. The predicted molar refractivity (Wildman–Crippen MR) is 161 cm³/mol. The average molecular weight is 513 g/mol. The summed E-state index contributed by atoms with van der Waals surface area (Å²) in [6, 6.07) is 25.0. The molecule has 0 aliphatic heterocycles. The summed E-state index contributed by atoms with van der Waals surface area (Å²) in [7, 11) is 0. The Morgan fingerprint density at radius 3 is 1.65 bits per heavy atom. The van der Waals surface area contributed by atoms with Gasteiger partial charge in [-0.1, -0.05) is 151 Å². The second kappa shape index (κ2) is 17.8. The number of nitriles is 1. The molecule has 3 aromatic rings. The number of nitrogens with zero attached hydrogens (tertiary/aromatic N) is 2. The van der Waals surface area contributed by atoms with Crippen molar-refractivity contribution >= 4 is 11.8 Å². The Morgan fingerprint density at radius 1 is 0.649 bits per heavy atom. The van der Waals surface area contributed by atoms with Crippen LogP contribution in [0.25, 0.3) is 22.4 Å². The highest BCUT2D eigenvalue weighted by molar-refractivity contribution is 7.99. The summed E-state index contributed by atoms with van der Waals surface area (Å²) in [5.41, 5.74) is 4.75. The van der Waals surface area contributed by atoms with Crippen LogP contribution >= 0.6 is 11.8 Å². The fourth-order valence-corrected chi connectivity index (χ4v) is 5.81. The van der Waals surface area contributed by atoms with Crippen LogP contribution in [0.5, 0.6) is 0 Å². The summed E-state index contributed by atoms with van der Waals surface area (Å²) < 4.78 is 0. The van der Waals surface area contributed by atoms with Crippen LogP contribution in [0.3, 0.4) is 0 Å². The van der Waals surface area contributed by atoms with E-state index in [-0.39, 0.29) is 0 Å². The topological polar surface area (TPSA) is 36.7 Å². The molecule has 0 unspecified atom stereocenters. The molecule has 0 spiro atoms. The summed E-state index contributed by atoms with van der Waals surface area (Å²) >= 11 is 1.74. The minimum Gasteiger partial charge on any atom is -0.240 e. The van der Waals surface area contributed by atoms with Gasteiger partial charge in [0.1, 0.15) is 11.1 Å². The van der Waals surface area contributed by atoms with Gasteiger partial charge in [0.15, 0.2) is 0 Å². The molecule has 0 bridgehead atoms. The van der Waals surface area contributed by atoms with Crippen molar-refractivity contribution in [3.05, 3.63) is 72.3 Å². The van der Waals surface area contributed by atoms with Crippen molar-refractivity contribution in [2.24, 2.45) is 0 Å². The SMILES string of the molecule is CCCCCCCCCCCCCCCCSc1nc(-c2ccccc2)cc(-c2ccccc2)c1C#N. The van der Waals surface area contributed by atoms with Gasteiger partial charge in [0.25, 0.3) is 0 Å². The first-order valence-electron chi connectivity index (χ1n) is 14.5. The van der Waals surface area contributed by atoms with Crippen LogP contribution in [0, 0.1) is 11.3 Å². The molecule has 0 saturated heterocycles. The molecule has 3 heteroatoms. The Labute approximate surface area is 229 Å². The second-order valence-corrected chi connectivity index (χ2v) is 11.1. The third-order valence-corrected chi connectivity index (χ3v) is 8.05. The van der Waals surface area contributed by atoms with Gasteiger partial charge in [0.2, 0.25) is 0 Å². The number of pyridine rings is 1. The summed E-state index contributed by atoms with van der Waals surface area (Å²) in [5.74, 6) is 1.01. The molecule has 196 valence electrons. The Bertz CT molecular complexity index is 1060. The van der Waals surface area contributed by atoms with E-state index in [2.05, 4.69) is 43.3 Å². The molecule has 2 nitrogen and oxygen atoms in total. The number of hydrogen-bond acceptors (Lipinski definition) is 3. The zero-order valence-corrected chi connectivity index (χ0v) is 23.6. The molecule has 0 fully saturated rings. The van der Waals surface area contributed by atoms with Crippen LogP contribution < -0.4 is 0 Å². The monoisotopic (exact) mass is 512 g/mol. The van der Waals surface area contributed by atoms with Crippen molar-refractivity contribution in [3.63, 3.8) is 0 Å². The molecule has 37 heavy (non-hydrogen) atoms. The lowest BCUT2D eigenvalue weighted by Crippen LogP contribution is -1.96. The minimum atomic E-state index is 0.696. The van der Waals surface area contributed by atoms with Gasteiger partial charge in [-0.15, -0.1) is 11.8 Å². The fraction of sp³-hybridized carbons (Fsp3) is 0.471. The molecule has 3 rings (SSSR count). The van der Waals surface area contributed by atoms with Gasteiger partial charge in [0, 0.05) is 11.1 Å². The fourth-order valence-electron chi connectivity index (χ4n) is 4.80. The first kappa shape index (κ1) is 29.0. The maximum absolute atomic E-state index is 10.0. The number of unbranched alkanes of at least 4 members (excludes halogenated alkanes) is 13. The van der Waals surface area contributed by atoms with E-state index in [1.54, 1.807) is 11.8 Å². The van der Waals surface area contributed by atoms with Crippen LogP contribution in [0.4, 0.5) is 0 Å². The van der Waals surface area contributed by atoms with Crippen molar-refractivity contribution < 1.29 is 0 Å². The molecule has 0 radical (unpaired) electrons. The van der Waals surface area contributed by atoms with Crippen LogP contribution in [0.1, 0.15) is 102 Å². The van der Waals surface area contributed by atoms with E-state index in [1.807, 2.05) is 36.4 Å². The molecule has 0 aliphatic carbocycles. The molecule has 0 atom stereocenters. The minimum absolute atomic E-state index is 0.696. The normalized spacial score (nSPS) is 10.9. The van der Waals surface area contributed by atoms with Gasteiger partial charge >= 0.3 is 0 Å². The molecular formula is C34H44N2S. The van der Waals surface area contributed by atoms with Crippen molar-refractivity contribution in [3.8, 4) is 28.5 Å². The van der Waals surface area contributed by atoms with Crippen LogP contribution in [-0.2, 0) is 0 Å². The van der Waals surface area contributed by atoms with Gasteiger partial charge in [-0.05, 0) is 23.8 Å². The number of aromatic nitrogens is 1. The van der Waals surface area contributed by atoms with Crippen molar-refractivity contribution in [2.75, 3.05) is 5.75 Å². The molecule has 1 aromatic heterocycles. The molecule has 0 saturated carbocycles. The lowest BCUT2D eigenvalue weighted by Gasteiger charge is -2.12. The highest BCUT2D eigenvalue weighted by Gasteiger charge is 2.15. The van der Waals surface area contributed by atoms with Crippen molar-refractivity contribution in [1.29, 1.82) is 5.26 Å². The quantitative estimate of drug-likeness (QED) is 0.126. The number of thioether (sulfide) groups is 1. The third-order valence-electron chi connectivity index (χ3n) is 6.99. The van der Waals surface area contributed by atoms with Crippen molar-refractivity contribution in [1.82, 2.24) is 4.98 Å². The standard InChI is InChI=1S/C34H44N2S/c1-2-3-4-5-6-7-8-9-10-11-12-13-14-21-26-37-34-32(28-35)31(29-22-17-15-18-23-29)27-33(36-34)30-24-19-16-20-25-30/h15-20,22-25,27H,2-14,21,26H2,1H3. The zero-order chi connectivity index (χ0) is 26.0. The molecule has 2 aromatic carbocycles. The van der Waals surface area contributed by atoms with E-state index in [0.717, 1.165) is 33.2 Å². The van der Waals surface area contributed by atoms with Gasteiger partial charge in [0.05, 0.1) is 11.3 Å². The smallest absolute Gasteiger partial charge is 0.115 e. The van der Waals surface area contributed by atoms with Crippen LogP contribution in [0.2, 0.25) is 0 Å². The number of rotatable bonds is 18. The summed E-state index contributed by atoms with van der Waals surface area (Å²) in [5, 5.41) is 10.9. The molecule has 0 N–H and O–H groups in total. The summed E-state index contributed by atoms with van der Waals surface area (Å²) in [4.78, 5) is 4.94. The van der Waals surface area contributed by atoms with Crippen LogP contribution in [-0.4, -0.2) is 10.7 Å². The lowest BCUT2D eigenvalue weighted by atomic mass is 9.99. The number of benzene rings is 2. The Hall–Kier alpha value is -2.57. The Morgan fingerprint density at radius 2 is 1.14 bits per heavy atom. The largest absolute Gasteiger partial charge is 0.240 e. The molecule has 1 heterocycles. The van der Waals surface area contributed by atoms with E-state index in [9.17, 15) is 5.26 Å². The molecule has 0 aliphatic rings. The maximum atomic E-state index is 10.0. The van der Waals surface area contributed by atoms with E-state index in [0.29, 0.717) is 5.56 Å². The van der Waals surface area contributed by atoms with Gasteiger partial charge in [-0.2, -0.15) is 5.26 Å². The molecular weight excluding hydrogens is 468 g/mol. The van der Waals surface area contributed by atoms with Gasteiger partial charge in [-0.25, -0.2) is 4.98 Å². The second-order valence-electron chi connectivity index (χ2n) is 10.0. The highest BCUT2D eigenvalue weighted by Crippen LogP contribution is 2.34. The average Bonchev–Trinajstić information content (AvgIpc) is 2.95. The van der Waals surface area contributed by atoms with E-state index < -0.39 is 0 Å². The van der Waals surface area contributed by atoms with Crippen molar-refractivity contribution in [2.45, 2.75) is 102 Å². The first-order chi connectivity index (χ1) is 18.3.